The first-order valence-electron chi connectivity index (χ1n) is 5.46. The maximum absolute atomic E-state index is 11.4. The summed E-state index contributed by atoms with van der Waals surface area (Å²) in [6.45, 7) is -0.371. The number of hydrazine groups is 1. The maximum Gasteiger partial charge on any atom is 0.328 e. The van der Waals surface area contributed by atoms with E-state index in [4.69, 9.17) is 21.4 Å². The highest BCUT2D eigenvalue weighted by molar-refractivity contribution is 9.10. The van der Waals surface area contributed by atoms with Gasteiger partial charge in [-0.2, -0.15) is 0 Å². The summed E-state index contributed by atoms with van der Waals surface area (Å²) in [5, 5.41) is 8.63. The Hall–Kier alpha value is -2.06. The Labute approximate surface area is 133 Å². The fourth-order valence-corrected chi connectivity index (χ4v) is 1.82. The van der Waals surface area contributed by atoms with Gasteiger partial charge in [-0.25, -0.2) is 4.79 Å². The number of rotatable bonds is 5. The standard InChI is InChI=1S/C12H10BrClN2O5/c13-7-1-2-9(8(14)5-7)21-6-11(18)16-15-10(17)3-4-12(19)20/h1-5H,6H2,(H,15,17)(H,16,18)(H,19,20)/b4-3+. The van der Waals surface area contributed by atoms with E-state index in [2.05, 4.69) is 15.9 Å². The number of ether oxygens (including phenoxy) is 1. The Morgan fingerprint density at radius 3 is 2.62 bits per heavy atom. The topological polar surface area (TPSA) is 105 Å². The van der Waals surface area contributed by atoms with Crippen LogP contribution < -0.4 is 15.6 Å². The number of nitrogens with one attached hydrogen (secondary N) is 2. The summed E-state index contributed by atoms with van der Waals surface area (Å²) >= 11 is 9.12. The van der Waals surface area contributed by atoms with E-state index in [0.29, 0.717) is 16.8 Å². The van der Waals surface area contributed by atoms with Crippen molar-refractivity contribution < 1.29 is 24.2 Å². The van der Waals surface area contributed by atoms with Crippen LogP contribution in [0.1, 0.15) is 0 Å². The number of benzene rings is 1. The van der Waals surface area contributed by atoms with Gasteiger partial charge in [-0.15, -0.1) is 0 Å². The smallest absolute Gasteiger partial charge is 0.328 e. The molecule has 0 aliphatic carbocycles. The van der Waals surface area contributed by atoms with Crippen LogP contribution in [0.4, 0.5) is 0 Å². The Kier molecular flexibility index (Phi) is 6.70. The van der Waals surface area contributed by atoms with Crippen LogP contribution in [0.2, 0.25) is 5.02 Å². The largest absolute Gasteiger partial charge is 0.482 e. The molecule has 112 valence electrons. The monoisotopic (exact) mass is 376 g/mol. The van der Waals surface area contributed by atoms with Crippen LogP contribution in [0, 0.1) is 0 Å². The van der Waals surface area contributed by atoms with Crippen molar-refractivity contribution in [3.63, 3.8) is 0 Å². The summed E-state index contributed by atoms with van der Waals surface area (Å²) in [7, 11) is 0. The summed E-state index contributed by atoms with van der Waals surface area (Å²) in [6.07, 6.45) is 1.40. The molecule has 1 rings (SSSR count). The molecule has 0 aliphatic heterocycles. The van der Waals surface area contributed by atoms with Crippen molar-refractivity contribution in [2.24, 2.45) is 0 Å². The number of halogens is 2. The molecule has 7 nitrogen and oxygen atoms in total. The Bertz CT molecular complexity index is 591. The second kappa shape index (κ2) is 8.28. The summed E-state index contributed by atoms with van der Waals surface area (Å²) in [4.78, 5) is 32.6. The molecule has 0 saturated heterocycles. The third-order valence-corrected chi connectivity index (χ3v) is 2.74. The normalized spacial score (nSPS) is 10.2. The highest BCUT2D eigenvalue weighted by Gasteiger charge is 2.07. The van der Waals surface area contributed by atoms with E-state index in [1.54, 1.807) is 18.2 Å². The van der Waals surface area contributed by atoms with Crippen molar-refractivity contribution in [3.8, 4) is 5.75 Å². The zero-order valence-corrected chi connectivity index (χ0v) is 12.8. The lowest BCUT2D eigenvalue weighted by Gasteiger charge is -2.09. The summed E-state index contributed by atoms with van der Waals surface area (Å²) in [5.41, 5.74) is 4.04. The molecule has 0 fully saturated rings. The second-order valence-electron chi connectivity index (χ2n) is 3.57. The minimum Gasteiger partial charge on any atom is -0.482 e. The van der Waals surface area contributed by atoms with E-state index in [1.165, 1.54) is 0 Å². The molecule has 0 heterocycles. The van der Waals surface area contributed by atoms with Gasteiger partial charge in [-0.1, -0.05) is 27.5 Å². The fourth-order valence-electron chi connectivity index (χ4n) is 1.09. The SMILES string of the molecule is O=C(O)/C=C/C(=O)NNC(=O)COc1ccc(Br)cc1Cl. The molecule has 9 heteroatoms. The molecule has 3 N–H and O–H groups in total. The van der Waals surface area contributed by atoms with Gasteiger partial charge < -0.3 is 9.84 Å². The molecule has 1 aromatic carbocycles. The van der Waals surface area contributed by atoms with Gasteiger partial charge in [0.1, 0.15) is 5.75 Å². The van der Waals surface area contributed by atoms with Crippen molar-refractivity contribution in [3.05, 3.63) is 39.8 Å². The molecule has 0 aliphatic rings. The predicted octanol–water partition coefficient (Wildman–Crippen LogP) is 1.27. The molecular weight excluding hydrogens is 367 g/mol. The van der Waals surface area contributed by atoms with Crippen LogP contribution in [0.15, 0.2) is 34.8 Å². The molecule has 0 bridgehead atoms. The number of carbonyl (C=O) groups excluding carboxylic acids is 2. The minimum atomic E-state index is -1.27. The zero-order valence-electron chi connectivity index (χ0n) is 10.4. The third kappa shape index (κ3) is 6.77. The molecule has 2 amide bonds. The van der Waals surface area contributed by atoms with Gasteiger partial charge >= 0.3 is 5.97 Å². The van der Waals surface area contributed by atoms with Crippen LogP contribution in [-0.2, 0) is 14.4 Å². The summed E-state index contributed by atoms with van der Waals surface area (Å²) in [5.74, 6) is -2.38. The van der Waals surface area contributed by atoms with Crippen molar-refractivity contribution in [2.45, 2.75) is 0 Å². The van der Waals surface area contributed by atoms with Crippen LogP contribution in [0.3, 0.4) is 0 Å². The second-order valence-corrected chi connectivity index (χ2v) is 4.90. The van der Waals surface area contributed by atoms with Crippen LogP contribution in [0.25, 0.3) is 0 Å². The van der Waals surface area contributed by atoms with E-state index in [9.17, 15) is 14.4 Å². The molecular formula is C12H10BrClN2O5. The molecule has 0 spiro atoms. The lowest BCUT2D eigenvalue weighted by molar-refractivity contribution is -0.131. The number of aliphatic carboxylic acids is 1. The highest BCUT2D eigenvalue weighted by atomic mass is 79.9. The van der Waals surface area contributed by atoms with E-state index in [1.807, 2.05) is 10.9 Å². The van der Waals surface area contributed by atoms with Crippen molar-refractivity contribution in [1.29, 1.82) is 0 Å². The number of hydrogen-bond donors (Lipinski definition) is 3. The predicted molar refractivity (Wildman–Crippen MR) is 77.7 cm³/mol. The van der Waals surface area contributed by atoms with E-state index >= 15 is 0 Å². The average Bonchev–Trinajstić information content (AvgIpc) is 2.41. The zero-order chi connectivity index (χ0) is 15.8. The van der Waals surface area contributed by atoms with Gasteiger partial charge in [0.05, 0.1) is 5.02 Å². The molecule has 0 atom stereocenters. The minimum absolute atomic E-state index is 0.312. The van der Waals surface area contributed by atoms with Crippen molar-refractivity contribution in [1.82, 2.24) is 10.9 Å². The fraction of sp³-hybridized carbons (Fsp3) is 0.0833. The number of hydrogen-bond acceptors (Lipinski definition) is 4. The number of amides is 2. The molecule has 0 unspecified atom stereocenters. The van der Waals surface area contributed by atoms with Gasteiger partial charge in [0.15, 0.2) is 6.61 Å². The molecule has 21 heavy (non-hydrogen) atoms. The van der Waals surface area contributed by atoms with Gasteiger partial charge in [0.25, 0.3) is 11.8 Å². The first-order chi connectivity index (χ1) is 9.88. The van der Waals surface area contributed by atoms with Crippen molar-refractivity contribution >= 4 is 45.3 Å². The molecule has 0 radical (unpaired) electrons. The Morgan fingerprint density at radius 1 is 1.29 bits per heavy atom. The van der Waals surface area contributed by atoms with Gasteiger partial charge in [0.2, 0.25) is 0 Å². The van der Waals surface area contributed by atoms with Crippen LogP contribution in [-0.4, -0.2) is 29.5 Å². The molecule has 1 aromatic rings. The van der Waals surface area contributed by atoms with Crippen LogP contribution >= 0.6 is 27.5 Å². The molecule has 0 aromatic heterocycles. The maximum atomic E-state index is 11.4. The van der Waals surface area contributed by atoms with Gasteiger partial charge in [-0.05, 0) is 18.2 Å². The summed E-state index contributed by atoms with van der Waals surface area (Å²) in [6, 6.07) is 4.87. The van der Waals surface area contributed by atoms with E-state index < -0.39 is 17.8 Å². The first-order valence-corrected chi connectivity index (χ1v) is 6.63. The van der Waals surface area contributed by atoms with E-state index in [0.717, 1.165) is 10.5 Å². The Balaban J connectivity index is 2.37. The lowest BCUT2D eigenvalue weighted by atomic mass is 10.3. The quantitative estimate of drug-likeness (QED) is 0.529. The number of carboxylic acid groups (broad SMARTS) is 1. The van der Waals surface area contributed by atoms with Crippen molar-refractivity contribution in [2.75, 3.05) is 6.61 Å². The van der Waals surface area contributed by atoms with Gasteiger partial charge in [0, 0.05) is 16.6 Å². The summed E-state index contributed by atoms with van der Waals surface area (Å²) < 4.78 is 5.92. The number of carboxylic acids is 1. The third-order valence-electron chi connectivity index (χ3n) is 1.96. The van der Waals surface area contributed by atoms with Gasteiger partial charge in [-0.3, -0.25) is 20.4 Å². The number of carbonyl (C=O) groups is 3. The highest BCUT2D eigenvalue weighted by Crippen LogP contribution is 2.27. The average molecular weight is 378 g/mol. The first kappa shape index (κ1) is 17.0. The van der Waals surface area contributed by atoms with E-state index in [-0.39, 0.29) is 6.61 Å². The van der Waals surface area contributed by atoms with Crippen LogP contribution in [0.5, 0.6) is 5.75 Å². The lowest BCUT2D eigenvalue weighted by Crippen LogP contribution is -2.43. The molecule has 0 saturated carbocycles. The Morgan fingerprint density at radius 2 is 2.00 bits per heavy atom.